The number of hydrogen-bond donors (Lipinski definition) is 1. The van der Waals surface area contributed by atoms with E-state index >= 15 is 0 Å². The van der Waals surface area contributed by atoms with E-state index in [9.17, 15) is 9.90 Å². The first-order valence-electron chi connectivity index (χ1n) is 12.9. The normalized spacial score (nSPS) is 48.2. The summed E-state index contributed by atoms with van der Waals surface area (Å²) in [6, 6.07) is 0. The predicted molar refractivity (Wildman–Crippen MR) is 119 cm³/mol. The first-order chi connectivity index (χ1) is 13.7. The monoisotopic (exact) mass is 402 g/mol. The molecule has 29 heavy (non-hydrogen) atoms. The first kappa shape index (κ1) is 21.8. The van der Waals surface area contributed by atoms with E-state index in [4.69, 9.17) is 0 Å². The van der Waals surface area contributed by atoms with Gasteiger partial charge in [-0.1, -0.05) is 53.9 Å². The lowest BCUT2D eigenvalue weighted by molar-refractivity contribution is -0.168. The summed E-state index contributed by atoms with van der Waals surface area (Å²) in [4.78, 5) is 12.1. The van der Waals surface area contributed by atoms with E-state index in [2.05, 4.69) is 34.6 Å². The molecule has 4 saturated carbocycles. The van der Waals surface area contributed by atoms with Crippen LogP contribution in [0.15, 0.2) is 0 Å². The van der Waals surface area contributed by atoms with Crippen LogP contribution >= 0.6 is 0 Å². The summed E-state index contributed by atoms with van der Waals surface area (Å²) in [7, 11) is 0. The summed E-state index contributed by atoms with van der Waals surface area (Å²) in [6.45, 7) is 12.3. The van der Waals surface area contributed by atoms with Gasteiger partial charge in [-0.25, -0.2) is 0 Å². The van der Waals surface area contributed by atoms with Crippen LogP contribution in [-0.4, -0.2) is 17.0 Å². The summed E-state index contributed by atoms with van der Waals surface area (Å²) < 4.78 is 0. The van der Waals surface area contributed by atoms with Gasteiger partial charge >= 0.3 is 0 Å². The third kappa shape index (κ3) is 3.64. The van der Waals surface area contributed by atoms with Crippen molar-refractivity contribution in [3.63, 3.8) is 0 Å². The minimum Gasteiger partial charge on any atom is -0.393 e. The van der Waals surface area contributed by atoms with E-state index in [0.717, 1.165) is 43.4 Å². The second-order valence-electron chi connectivity index (χ2n) is 12.6. The van der Waals surface area contributed by atoms with Crippen molar-refractivity contribution >= 4 is 5.78 Å². The van der Waals surface area contributed by atoms with Gasteiger partial charge in [-0.15, -0.1) is 0 Å². The summed E-state index contributed by atoms with van der Waals surface area (Å²) in [5.74, 6) is 5.16. The number of aliphatic hydroxyl groups excluding tert-OH is 1. The molecule has 166 valence electrons. The maximum absolute atomic E-state index is 12.1. The zero-order valence-electron chi connectivity index (χ0n) is 19.8. The zero-order chi connectivity index (χ0) is 21.0. The molecule has 1 N–H and O–H groups in total. The summed E-state index contributed by atoms with van der Waals surface area (Å²) in [5.41, 5.74) is 0.715. The average molecular weight is 403 g/mol. The highest BCUT2D eigenvalue weighted by Crippen LogP contribution is 2.68. The fourth-order valence-electron chi connectivity index (χ4n) is 9.04. The number of carbonyl (C=O) groups is 1. The summed E-state index contributed by atoms with van der Waals surface area (Å²) in [6.07, 6.45) is 12.7. The quantitative estimate of drug-likeness (QED) is 0.559. The SMILES string of the molecule is CC(C)CCCC(C)C1CCC2C3C(CC[C@]12C)[C@@]1(C)CCC(=O)CC1C[C@@H]3O. The van der Waals surface area contributed by atoms with Crippen LogP contribution in [0.2, 0.25) is 0 Å². The van der Waals surface area contributed by atoms with Crippen LogP contribution in [0.4, 0.5) is 0 Å². The van der Waals surface area contributed by atoms with Crippen molar-refractivity contribution in [3.05, 3.63) is 0 Å². The Balaban J connectivity index is 1.51. The number of Topliss-reactive ketones (excluding diaryl/α,β-unsaturated/α-hetero) is 1. The fraction of sp³-hybridized carbons (Fsp3) is 0.963. The van der Waals surface area contributed by atoms with Crippen LogP contribution in [-0.2, 0) is 4.79 Å². The second kappa shape index (κ2) is 7.95. The molecule has 0 spiro atoms. The molecule has 0 saturated heterocycles. The minimum absolute atomic E-state index is 0.177. The van der Waals surface area contributed by atoms with Gasteiger partial charge in [0.2, 0.25) is 0 Å². The number of carbonyl (C=O) groups excluding carboxylic acids is 1. The van der Waals surface area contributed by atoms with Crippen molar-refractivity contribution in [3.8, 4) is 0 Å². The predicted octanol–water partition coefficient (Wildman–Crippen LogP) is 6.65. The number of aliphatic hydroxyl groups is 1. The molecule has 4 aliphatic carbocycles. The van der Waals surface area contributed by atoms with Crippen molar-refractivity contribution in [2.24, 2.45) is 52.3 Å². The van der Waals surface area contributed by atoms with Crippen LogP contribution in [0.25, 0.3) is 0 Å². The Kier molecular flexibility index (Phi) is 5.99. The van der Waals surface area contributed by atoms with Gasteiger partial charge < -0.3 is 5.11 Å². The summed E-state index contributed by atoms with van der Waals surface area (Å²) in [5, 5.41) is 11.3. The van der Waals surface area contributed by atoms with Gasteiger partial charge in [0.25, 0.3) is 0 Å². The lowest BCUT2D eigenvalue weighted by atomic mass is 9.44. The van der Waals surface area contributed by atoms with Gasteiger partial charge in [-0.3, -0.25) is 4.79 Å². The topological polar surface area (TPSA) is 37.3 Å². The molecule has 0 aromatic carbocycles. The molecule has 2 nitrogen and oxygen atoms in total. The number of rotatable bonds is 5. The van der Waals surface area contributed by atoms with Gasteiger partial charge in [-0.2, -0.15) is 0 Å². The smallest absolute Gasteiger partial charge is 0.133 e. The molecular formula is C27H46O2. The van der Waals surface area contributed by atoms with Crippen molar-refractivity contribution in [1.82, 2.24) is 0 Å². The molecule has 6 unspecified atom stereocenters. The van der Waals surface area contributed by atoms with Crippen LogP contribution in [0, 0.1) is 52.3 Å². The van der Waals surface area contributed by atoms with E-state index in [1.54, 1.807) is 0 Å². The van der Waals surface area contributed by atoms with Gasteiger partial charge in [0.15, 0.2) is 0 Å². The Morgan fingerprint density at radius 3 is 2.45 bits per heavy atom. The fourth-order valence-corrected chi connectivity index (χ4v) is 9.04. The molecule has 4 rings (SSSR count). The van der Waals surface area contributed by atoms with Gasteiger partial charge in [0, 0.05) is 12.8 Å². The molecule has 0 bridgehead atoms. The lowest BCUT2D eigenvalue weighted by Crippen LogP contribution is -2.58. The van der Waals surface area contributed by atoms with E-state index in [-0.39, 0.29) is 6.10 Å². The Bertz CT molecular complexity index is 612. The molecule has 0 aliphatic heterocycles. The molecular weight excluding hydrogens is 356 g/mol. The zero-order valence-corrected chi connectivity index (χ0v) is 19.8. The van der Waals surface area contributed by atoms with Gasteiger partial charge in [0.05, 0.1) is 6.10 Å². The number of fused-ring (bicyclic) bond motifs is 5. The second-order valence-corrected chi connectivity index (χ2v) is 12.6. The maximum Gasteiger partial charge on any atom is 0.133 e. The van der Waals surface area contributed by atoms with Crippen molar-refractivity contribution < 1.29 is 9.90 Å². The molecule has 0 aromatic rings. The van der Waals surface area contributed by atoms with Crippen LogP contribution in [0.3, 0.4) is 0 Å². The van der Waals surface area contributed by atoms with Crippen molar-refractivity contribution in [2.45, 2.75) is 111 Å². The number of ketones is 1. The molecule has 0 heterocycles. The highest BCUT2D eigenvalue weighted by Gasteiger charge is 2.62. The van der Waals surface area contributed by atoms with E-state index in [1.807, 2.05) is 0 Å². The minimum atomic E-state index is -0.177. The van der Waals surface area contributed by atoms with Crippen molar-refractivity contribution in [2.75, 3.05) is 0 Å². The molecule has 0 amide bonds. The largest absolute Gasteiger partial charge is 0.393 e. The number of hydrogen-bond acceptors (Lipinski definition) is 2. The highest BCUT2D eigenvalue weighted by molar-refractivity contribution is 5.79. The van der Waals surface area contributed by atoms with E-state index < -0.39 is 0 Å². The molecule has 0 aromatic heterocycles. The average Bonchev–Trinajstić information content (AvgIpc) is 3.00. The van der Waals surface area contributed by atoms with Crippen molar-refractivity contribution in [1.29, 1.82) is 0 Å². The Morgan fingerprint density at radius 2 is 1.72 bits per heavy atom. The summed E-state index contributed by atoms with van der Waals surface area (Å²) >= 11 is 0. The Morgan fingerprint density at radius 1 is 1.00 bits per heavy atom. The van der Waals surface area contributed by atoms with Crippen LogP contribution in [0.5, 0.6) is 0 Å². The van der Waals surface area contributed by atoms with Gasteiger partial charge in [-0.05, 0) is 90.8 Å². The molecule has 2 heteroatoms. The highest BCUT2D eigenvalue weighted by atomic mass is 16.3. The van der Waals surface area contributed by atoms with Gasteiger partial charge in [0.1, 0.15) is 5.78 Å². The maximum atomic E-state index is 12.1. The van der Waals surface area contributed by atoms with Crippen LogP contribution in [0.1, 0.15) is 105 Å². The van der Waals surface area contributed by atoms with E-state index in [1.165, 1.54) is 44.9 Å². The molecule has 4 fully saturated rings. The van der Waals surface area contributed by atoms with E-state index in [0.29, 0.717) is 40.3 Å². The Hall–Kier alpha value is -0.370. The Labute approximate surface area is 179 Å². The first-order valence-corrected chi connectivity index (χ1v) is 12.9. The third-order valence-electron chi connectivity index (χ3n) is 10.7. The molecule has 0 radical (unpaired) electrons. The molecule has 4 aliphatic rings. The standard InChI is InChI=1S/C27H46O2/c1-17(2)7-6-8-18(3)21-9-10-22-25-23(12-14-27(21,22)5)26(4)13-11-20(28)15-19(26)16-24(25)29/h17-19,21-25,29H,6-16H2,1-5H3/t18?,19?,21?,22?,23?,24-,25?,26-,27+/m0/s1. The lowest BCUT2D eigenvalue weighted by Gasteiger charge is -2.62. The van der Waals surface area contributed by atoms with Crippen LogP contribution < -0.4 is 0 Å². The molecule has 9 atom stereocenters. The third-order valence-corrected chi connectivity index (χ3v) is 10.7.